The molecule has 8 nitrogen and oxygen atoms in total. The lowest BCUT2D eigenvalue weighted by Gasteiger charge is -2.32. The molecule has 0 unspecified atom stereocenters. The summed E-state index contributed by atoms with van der Waals surface area (Å²) < 4.78 is 109. The SMILES string of the molecule is Cn1cc(S(=O)(=O)N2CCC(c3cn4ncnc4cc3C(F)(F)F)CC2)c(C(F)(F)F)n1. The highest BCUT2D eigenvalue weighted by Gasteiger charge is 2.44. The first-order valence-corrected chi connectivity index (χ1v) is 10.7. The molecule has 0 aromatic carbocycles. The number of fused-ring (bicyclic) bond motifs is 1. The number of aromatic nitrogens is 5. The van der Waals surface area contributed by atoms with Gasteiger partial charge in [0.25, 0.3) is 0 Å². The second kappa shape index (κ2) is 7.43. The lowest BCUT2D eigenvalue weighted by atomic mass is 9.88. The maximum absolute atomic E-state index is 13.6. The summed E-state index contributed by atoms with van der Waals surface area (Å²) in [6.07, 6.45) is -6.57. The molecule has 1 aliphatic heterocycles. The summed E-state index contributed by atoms with van der Waals surface area (Å²) in [5.74, 6) is -0.664. The Bertz CT molecular complexity index is 1250. The summed E-state index contributed by atoms with van der Waals surface area (Å²) in [6.45, 7) is -0.488. The third-order valence-electron chi connectivity index (χ3n) is 5.33. The van der Waals surface area contributed by atoms with Crippen LogP contribution in [-0.2, 0) is 29.4 Å². The van der Waals surface area contributed by atoms with Crippen LogP contribution in [0, 0.1) is 0 Å². The molecule has 0 atom stereocenters. The molecule has 0 aliphatic carbocycles. The number of nitrogens with zero attached hydrogens (tertiary/aromatic N) is 6. The molecule has 32 heavy (non-hydrogen) atoms. The lowest BCUT2D eigenvalue weighted by Crippen LogP contribution is -2.38. The molecule has 3 aromatic heterocycles. The van der Waals surface area contributed by atoms with Crippen molar-refractivity contribution in [1.82, 2.24) is 28.7 Å². The molecular formula is C17H16F6N6O2S. The summed E-state index contributed by atoms with van der Waals surface area (Å²) in [5, 5.41) is 7.06. The van der Waals surface area contributed by atoms with Crippen LogP contribution < -0.4 is 0 Å². The average Bonchev–Trinajstić information content (AvgIpc) is 3.32. The van der Waals surface area contributed by atoms with Gasteiger partial charge in [-0.15, -0.1) is 0 Å². The first kappa shape index (κ1) is 22.5. The third kappa shape index (κ3) is 3.94. The van der Waals surface area contributed by atoms with Gasteiger partial charge in [0.05, 0.1) is 5.56 Å². The molecule has 174 valence electrons. The van der Waals surface area contributed by atoms with Crippen LogP contribution in [0.4, 0.5) is 26.3 Å². The van der Waals surface area contributed by atoms with Gasteiger partial charge in [-0.2, -0.15) is 40.8 Å². The van der Waals surface area contributed by atoms with Crippen LogP contribution in [0.3, 0.4) is 0 Å². The van der Waals surface area contributed by atoms with Gasteiger partial charge in [0, 0.05) is 32.5 Å². The number of alkyl halides is 6. The second-order valence-electron chi connectivity index (χ2n) is 7.39. The summed E-state index contributed by atoms with van der Waals surface area (Å²) >= 11 is 0. The van der Waals surface area contributed by atoms with Crippen molar-refractivity contribution in [2.75, 3.05) is 13.1 Å². The monoisotopic (exact) mass is 482 g/mol. The van der Waals surface area contributed by atoms with Gasteiger partial charge in [0.1, 0.15) is 11.2 Å². The number of pyridine rings is 1. The van der Waals surface area contributed by atoms with E-state index in [1.807, 2.05) is 0 Å². The molecule has 4 heterocycles. The van der Waals surface area contributed by atoms with E-state index in [2.05, 4.69) is 15.2 Å². The Kier molecular flexibility index (Phi) is 5.23. The molecule has 0 spiro atoms. The highest BCUT2D eigenvalue weighted by Crippen LogP contribution is 2.40. The zero-order chi connectivity index (χ0) is 23.5. The smallest absolute Gasteiger partial charge is 0.274 e. The van der Waals surface area contributed by atoms with E-state index < -0.39 is 44.4 Å². The van der Waals surface area contributed by atoms with Crippen LogP contribution in [0.25, 0.3) is 5.65 Å². The largest absolute Gasteiger partial charge is 0.436 e. The number of rotatable bonds is 3. The summed E-state index contributed by atoms with van der Waals surface area (Å²) in [6, 6.07) is 0.872. The van der Waals surface area contributed by atoms with E-state index >= 15 is 0 Å². The molecule has 0 radical (unpaired) electrons. The average molecular weight is 482 g/mol. The van der Waals surface area contributed by atoms with Crippen LogP contribution in [0.2, 0.25) is 0 Å². The fourth-order valence-electron chi connectivity index (χ4n) is 3.84. The van der Waals surface area contributed by atoms with Crippen LogP contribution in [-0.4, -0.2) is 50.2 Å². The number of piperidine rings is 1. The van der Waals surface area contributed by atoms with Crippen molar-refractivity contribution in [2.24, 2.45) is 7.05 Å². The molecule has 0 amide bonds. The Morgan fingerprint density at radius 3 is 2.28 bits per heavy atom. The Labute approximate surface area is 177 Å². The number of hydrogen-bond acceptors (Lipinski definition) is 5. The van der Waals surface area contributed by atoms with Crippen molar-refractivity contribution >= 4 is 15.7 Å². The number of aryl methyl sites for hydroxylation is 1. The van der Waals surface area contributed by atoms with E-state index in [1.165, 1.54) is 17.8 Å². The predicted octanol–water partition coefficient (Wildman–Crippen LogP) is 3.07. The van der Waals surface area contributed by atoms with Crippen molar-refractivity contribution < 1.29 is 34.8 Å². The van der Waals surface area contributed by atoms with Gasteiger partial charge in [-0.3, -0.25) is 4.68 Å². The van der Waals surface area contributed by atoms with Crippen LogP contribution in [0.5, 0.6) is 0 Å². The van der Waals surface area contributed by atoms with Gasteiger partial charge >= 0.3 is 12.4 Å². The highest BCUT2D eigenvalue weighted by molar-refractivity contribution is 7.89. The van der Waals surface area contributed by atoms with E-state index in [0.29, 0.717) is 0 Å². The Hall–Kier alpha value is -2.68. The van der Waals surface area contributed by atoms with E-state index in [-0.39, 0.29) is 37.1 Å². The fraction of sp³-hybridized carbons (Fsp3) is 0.471. The number of sulfonamides is 1. The molecule has 4 rings (SSSR count). The fourth-order valence-corrected chi connectivity index (χ4v) is 5.50. The first-order chi connectivity index (χ1) is 14.8. The van der Waals surface area contributed by atoms with Crippen molar-refractivity contribution in [3.63, 3.8) is 0 Å². The third-order valence-corrected chi connectivity index (χ3v) is 7.23. The van der Waals surface area contributed by atoms with Gasteiger partial charge in [-0.1, -0.05) is 0 Å². The second-order valence-corrected chi connectivity index (χ2v) is 9.30. The molecule has 0 bridgehead atoms. The van der Waals surface area contributed by atoms with Crippen molar-refractivity contribution in [1.29, 1.82) is 0 Å². The predicted molar refractivity (Wildman–Crippen MR) is 96.9 cm³/mol. The van der Waals surface area contributed by atoms with Crippen molar-refractivity contribution in [2.45, 2.75) is 36.0 Å². The highest BCUT2D eigenvalue weighted by atomic mass is 32.2. The van der Waals surface area contributed by atoms with Crippen LogP contribution in [0.1, 0.15) is 35.6 Å². The van der Waals surface area contributed by atoms with Gasteiger partial charge < -0.3 is 0 Å². The zero-order valence-electron chi connectivity index (χ0n) is 16.4. The topological polar surface area (TPSA) is 85.4 Å². The Morgan fingerprint density at radius 1 is 1.03 bits per heavy atom. The van der Waals surface area contributed by atoms with Crippen molar-refractivity contribution in [3.05, 3.63) is 41.6 Å². The van der Waals surface area contributed by atoms with Gasteiger partial charge in [-0.05, 0) is 30.4 Å². The number of halogens is 6. The van der Waals surface area contributed by atoms with Crippen LogP contribution >= 0.6 is 0 Å². The van der Waals surface area contributed by atoms with E-state index in [0.717, 1.165) is 27.6 Å². The minimum Gasteiger partial charge on any atom is -0.274 e. The maximum Gasteiger partial charge on any atom is 0.436 e. The maximum atomic E-state index is 13.6. The summed E-state index contributed by atoms with van der Waals surface area (Å²) in [4.78, 5) is 2.77. The molecule has 1 fully saturated rings. The molecule has 15 heteroatoms. The molecule has 0 N–H and O–H groups in total. The van der Waals surface area contributed by atoms with Gasteiger partial charge in [0.15, 0.2) is 11.3 Å². The van der Waals surface area contributed by atoms with E-state index in [1.54, 1.807) is 0 Å². The summed E-state index contributed by atoms with van der Waals surface area (Å²) in [7, 11) is -3.38. The zero-order valence-corrected chi connectivity index (χ0v) is 17.2. The lowest BCUT2D eigenvalue weighted by molar-refractivity contribution is -0.143. The van der Waals surface area contributed by atoms with E-state index in [4.69, 9.17) is 0 Å². The first-order valence-electron chi connectivity index (χ1n) is 9.30. The molecular weight excluding hydrogens is 466 g/mol. The minimum absolute atomic E-state index is 0.00979. The molecule has 0 saturated carbocycles. The Balaban J connectivity index is 1.62. The Morgan fingerprint density at radius 2 is 1.69 bits per heavy atom. The van der Waals surface area contributed by atoms with Gasteiger partial charge in [-0.25, -0.2) is 17.9 Å². The standard InChI is InChI=1S/C17H16F6N6O2S/c1-27-8-13(15(26-27)17(21,22)23)32(30,31)28-4-2-10(3-5-28)11-7-29-14(24-9-25-29)6-12(11)16(18,19)20/h6-10H,2-5H2,1H3. The van der Waals surface area contributed by atoms with Gasteiger partial charge in [0.2, 0.25) is 10.0 Å². The van der Waals surface area contributed by atoms with Crippen LogP contribution in [0.15, 0.2) is 29.7 Å². The summed E-state index contributed by atoms with van der Waals surface area (Å²) in [5.41, 5.74) is -2.48. The number of hydrogen-bond donors (Lipinski definition) is 0. The quantitative estimate of drug-likeness (QED) is 0.536. The molecule has 1 saturated heterocycles. The molecule has 3 aromatic rings. The minimum atomic E-state index is -4.98. The van der Waals surface area contributed by atoms with E-state index in [9.17, 15) is 34.8 Å². The van der Waals surface area contributed by atoms with Crippen molar-refractivity contribution in [3.8, 4) is 0 Å². The normalized spacial score (nSPS) is 17.3. The molecule has 1 aliphatic rings.